The van der Waals surface area contributed by atoms with E-state index in [2.05, 4.69) is 65.8 Å². The van der Waals surface area contributed by atoms with Gasteiger partial charge in [-0.25, -0.2) is 60.1 Å². The van der Waals surface area contributed by atoms with Crippen molar-refractivity contribution < 1.29 is 63.8 Å². The highest BCUT2D eigenvalue weighted by Crippen LogP contribution is 2.42. The molecule has 3 saturated carbocycles. The number of nitrogens with zero attached hydrogens (tertiary/aromatic N) is 10. The molecule has 0 bridgehead atoms. The van der Waals surface area contributed by atoms with E-state index >= 15 is 0 Å². The van der Waals surface area contributed by atoms with Gasteiger partial charge in [0, 0.05) is 77.7 Å². The summed E-state index contributed by atoms with van der Waals surface area (Å²) in [4.78, 5) is 40.3. The molecule has 105 heavy (non-hydrogen) atoms. The summed E-state index contributed by atoms with van der Waals surface area (Å²) < 4.78 is 143. The maximum Gasteiger partial charge on any atom is 0.335 e. The largest absolute Gasteiger partial charge is 0.444 e. The molecule has 0 unspecified atom stereocenters. The van der Waals surface area contributed by atoms with E-state index in [1.165, 1.54) is 30.5 Å². The van der Waals surface area contributed by atoms with Crippen LogP contribution in [0.1, 0.15) is 72.4 Å². The summed E-state index contributed by atoms with van der Waals surface area (Å²) in [5.41, 5.74) is 9.76. The summed E-state index contributed by atoms with van der Waals surface area (Å²) in [6, 6.07) is 27.4. The van der Waals surface area contributed by atoms with Crippen molar-refractivity contribution in [2.45, 2.75) is 92.2 Å². The highest BCUT2D eigenvalue weighted by molar-refractivity contribution is 7.92. The Hall–Kier alpha value is -11.5. The maximum absolute atomic E-state index is 12.8. The average Bonchev–Trinajstić information content (AvgIpc) is 1.69. The molecule has 15 rings (SSSR count). The van der Waals surface area contributed by atoms with Crippen LogP contribution in [0.15, 0.2) is 169 Å². The number of hydrogen-bond donors (Lipinski definition) is 6. The van der Waals surface area contributed by atoms with Gasteiger partial charge in [-0.3, -0.25) is 0 Å². The van der Waals surface area contributed by atoms with Crippen LogP contribution >= 0.6 is 0 Å². The van der Waals surface area contributed by atoms with Gasteiger partial charge in [0.25, 0.3) is 0 Å². The number of sulfone groups is 3. The quantitative estimate of drug-likeness (QED) is 0.0465. The minimum Gasteiger partial charge on any atom is -0.444 e. The molecule has 0 radical (unpaired) electrons. The van der Waals surface area contributed by atoms with Crippen LogP contribution in [-0.4, -0.2) is 136 Å². The van der Waals surface area contributed by atoms with Crippen molar-refractivity contribution in [3.8, 4) is 52.6 Å². The Morgan fingerprint density at radius 3 is 1.17 bits per heavy atom. The molecule has 37 heteroatoms. The summed E-state index contributed by atoms with van der Waals surface area (Å²) in [7, 11) is -10.4. The molecule has 0 spiro atoms. The third kappa shape index (κ3) is 18.6. The Morgan fingerprint density at radius 1 is 0.467 bits per heavy atom. The van der Waals surface area contributed by atoms with E-state index in [0.717, 1.165) is 110 Å². The summed E-state index contributed by atoms with van der Waals surface area (Å²) in [6.07, 6.45) is 21.2. The molecule has 0 aliphatic heterocycles. The molecule has 12 aromatic rings. The van der Waals surface area contributed by atoms with E-state index in [1.54, 1.807) is 73.7 Å². The summed E-state index contributed by atoms with van der Waals surface area (Å²) in [6.45, 7) is 5.57. The molecule has 0 amide bonds. The first-order valence-electron chi connectivity index (χ1n) is 31.8. The Labute approximate surface area is 610 Å². The van der Waals surface area contributed by atoms with Gasteiger partial charge in [0.05, 0.1) is 113 Å². The number of nitriles is 3. The number of oxazole rings is 3. The van der Waals surface area contributed by atoms with Gasteiger partial charge >= 0.3 is 34.7 Å². The van der Waals surface area contributed by atoms with E-state index in [1.807, 2.05) is 75.8 Å². The number of aromatic nitrogens is 10. The molecule has 3 fully saturated rings. The Balaban J connectivity index is 0.000000159. The van der Waals surface area contributed by atoms with Crippen LogP contribution in [0, 0.1) is 72.5 Å². The monoisotopic (exact) mass is 1530 g/mol. The number of aryl methyl sites for hydroxylation is 3. The fourth-order valence-electron chi connectivity index (χ4n) is 12.4. The van der Waals surface area contributed by atoms with Gasteiger partial charge in [0.15, 0.2) is 34.5 Å². The van der Waals surface area contributed by atoms with Crippen molar-refractivity contribution in [1.29, 1.82) is 15.8 Å². The van der Waals surface area contributed by atoms with Gasteiger partial charge in [-0.15, -0.1) is 0 Å². The average molecular weight is 1540 g/mol. The Bertz CT molecular complexity index is 5180. The van der Waals surface area contributed by atoms with E-state index < -0.39 is 64.2 Å². The van der Waals surface area contributed by atoms with E-state index in [0.29, 0.717) is 41.6 Å². The van der Waals surface area contributed by atoms with Gasteiger partial charge in [-0.05, 0) is 144 Å². The molecule has 10 aromatic heterocycles. The number of anilines is 3. The first-order chi connectivity index (χ1) is 50.5. The van der Waals surface area contributed by atoms with Crippen molar-refractivity contribution in [3.05, 3.63) is 175 Å². The Kier molecular flexibility index (Phi) is 24.8. The molecule has 3 aliphatic carbocycles. The summed E-state index contributed by atoms with van der Waals surface area (Å²) in [5.74, 6) is 2.47. The number of aromatic amines is 3. The first kappa shape index (κ1) is 76.1. The lowest BCUT2D eigenvalue weighted by molar-refractivity contribution is 0.310. The molecule has 2 aromatic carbocycles. The number of hydrogen-bond acceptors (Lipinski definition) is 28. The lowest BCUT2D eigenvalue weighted by Gasteiger charge is -2.36. The zero-order valence-corrected chi connectivity index (χ0v) is 60.6. The van der Waals surface area contributed by atoms with Crippen LogP contribution < -0.4 is 16.0 Å². The number of rotatable bonds is 18. The number of nitrogens with one attached hydrogen (secondary N) is 6. The van der Waals surface area contributed by atoms with Gasteiger partial charge < -0.3 is 44.2 Å². The van der Waals surface area contributed by atoms with E-state index in [9.17, 15) is 25.3 Å². The summed E-state index contributed by atoms with van der Waals surface area (Å²) in [5, 5.41) is 40.5. The van der Waals surface area contributed by atoms with Crippen LogP contribution in [0.25, 0.3) is 67.5 Å². The lowest BCUT2D eigenvalue weighted by atomic mass is 9.81. The summed E-state index contributed by atoms with van der Waals surface area (Å²) >= 11 is -2.25. The molecule has 31 nitrogen and oxygen atoms in total. The topological polar surface area (TPSA) is 489 Å². The first-order valence-corrected chi connectivity index (χ1v) is 38.7. The third-order valence-corrected chi connectivity index (χ3v) is 22.8. The van der Waals surface area contributed by atoms with Crippen molar-refractivity contribution in [2.75, 3.05) is 33.2 Å². The molecule has 0 saturated heterocycles. The fraction of sp³-hybridized carbons (Fsp3) is 0.265. The van der Waals surface area contributed by atoms with Crippen LogP contribution in [-0.2, 0) is 64.2 Å². The number of H-pyrrole nitrogens is 3. The normalized spacial score (nSPS) is 17.0. The second kappa shape index (κ2) is 34.2. The van der Waals surface area contributed by atoms with Crippen LogP contribution in [0.4, 0.5) is 17.1 Å². The highest BCUT2D eigenvalue weighted by atomic mass is 32.2. The molecular formula is C68H62N16O15S6. The predicted molar refractivity (Wildman–Crippen MR) is 384 cm³/mol. The van der Waals surface area contributed by atoms with Gasteiger partial charge in [0.1, 0.15) is 35.2 Å². The van der Waals surface area contributed by atoms with Crippen molar-refractivity contribution in [3.63, 3.8) is 0 Å². The smallest absolute Gasteiger partial charge is 0.335 e. The van der Waals surface area contributed by atoms with Gasteiger partial charge in [-0.1, -0.05) is 12.1 Å². The zero-order valence-electron chi connectivity index (χ0n) is 55.7. The number of pyridine rings is 4. The van der Waals surface area contributed by atoms with Crippen molar-refractivity contribution in [2.24, 2.45) is 17.8 Å². The van der Waals surface area contributed by atoms with Crippen LogP contribution in [0.2, 0.25) is 0 Å². The second-order valence-electron chi connectivity index (χ2n) is 24.6. The second-order valence-corrected chi connectivity index (χ2v) is 31.0. The molecule has 3 aliphatic rings. The predicted octanol–water partition coefficient (Wildman–Crippen LogP) is 9.57. The van der Waals surface area contributed by atoms with Gasteiger partial charge in [-0.2, -0.15) is 41.0 Å². The number of fused-ring (bicyclic) bond motifs is 3. The molecule has 0 atom stereocenters. The van der Waals surface area contributed by atoms with E-state index in [4.69, 9.17) is 54.3 Å². The Morgan fingerprint density at radius 2 is 0.829 bits per heavy atom. The minimum absolute atomic E-state index is 0.00869. The minimum atomic E-state index is -3.55. The zero-order chi connectivity index (χ0) is 75.0. The third-order valence-electron chi connectivity index (χ3n) is 17.3. The standard InChI is InChI=1S/2C23H21N5O3S.C22H20N6O3S.3O2S/c1-14-12-31-23(27-14)20-11-26-22-19(5-6-25-22)21(20)28-17-7-16(8-17)13-32(29,30)18-4-2-3-15(9-18)10-24;1-14-11-27-23(31-14)20-12-26-22-19(5-6-25-22)21(20)28-17-7-16(8-17)13-32(29,30)18-4-2-3-15(9-18)10-24;1-13-11-31-22(27-13)18-10-26-21-17(3-5-25-21)20(18)28-16-6-15(7-16)12-32(29,30)19-8-14(9-23)2-4-24-19;3*1-3-2/h2*2-6,9,11-12,16-17H,7-8,13H2,1H3,(H2,25,26,28);2-5,8,10-11,15-16H,6-7,12H2,1H3,(H2,25,26,28);;;. The molecule has 10 heterocycles. The number of benzene rings is 2. The van der Waals surface area contributed by atoms with Gasteiger partial charge in [0.2, 0.25) is 17.7 Å². The van der Waals surface area contributed by atoms with E-state index in [-0.39, 0.29) is 73.5 Å². The molecule has 540 valence electrons. The highest BCUT2D eigenvalue weighted by Gasteiger charge is 2.38. The van der Waals surface area contributed by atoms with Crippen LogP contribution in [0.3, 0.4) is 0 Å². The SMILES string of the molecule is Cc1cnc(-c2cnc3[nH]ccc3c2NC2CC(CS(=O)(=O)c3cccc(C#N)c3)C2)o1.Cc1coc(-c2cnc3[nH]ccc3c2NC2CC(CS(=O)(=O)c3cc(C#N)ccn3)C2)n1.Cc1coc(-c2cnc3[nH]ccc3c2NC2CC(CS(=O)(=O)c3cccc(C#N)c3)C2)n1.O=S=O.O=S=O.O=S=O. The van der Waals surface area contributed by atoms with Crippen LogP contribution in [0.5, 0.6) is 0 Å². The van der Waals surface area contributed by atoms with Crippen molar-refractivity contribution in [1.82, 2.24) is 49.8 Å². The molecule has 6 N–H and O–H groups in total. The molecular weight excluding hydrogens is 1470 g/mol. The maximum atomic E-state index is 12.8. The van der Waals surface area contributed by atoms with Crippen molar-refractivity contribution >= 4 is 114 Å². The fourth-order valence-corrected chi connectivity index (χ4v) is 17.3. The lowest BCUT2D eigenvalue weighted by Crippen LogP contribution is -2.39.